The summed E-state index contributed by atoms with van der Waals surface area (Å²) in [6.45, 7) is 7.65. The number of rotatable bonds is 8. The van der Waals surface area contributed by atoms with E-state index >= 15 is 0 Å². The predicted octanol–water partition coefficient (Wildman–Crippen LogP) is 3.31. The van der Waals surface area contributed by atoms with E-state index < -0.39 is 16.1 Å². The molecular formula is C21H29N3O3S3. The highest BCUT2D eigenvalue weighted by Crippen LogP contribution is 2.30. The molecule has 1 N–H and O–H groups in total. The highest BCUT2D eigenvalue weighted by Gasteiger charge is 2.43. The quantitative estimate of drug-likeness (QED) is 0.462. The van der Waals surface area contributed by atoms with Crippen LogP contribution in [0.1, 0.15) is 31.4 Å². The summed E-state index contributed by atoms with van der Waals surface area (Å²) in [7, 11) is -3.72. The van der Waals surface area contributed by atoms with Crippen molar-refractivity contribution >= 4 is 39.9 Å². The van der Waals surface area contributed by atoms with Crippen LogP contribution in [-0.2, 0) is 21.4 Å². The summed E-state index contributed by atoms with van der Waals surface area (Å²) in [4.78, 5) is 13.2. The van der Waals surface area contributed by atoms with E-state index in [0.717, 1.165) is 16.9 Å². The van der Waals surface area contributed by atoms with Crippen molar-refractivity contribution in [3.05, 3.63) is 52.9 Å². The van der Waals surface area contributed by atoms with E-state index in [1.165, 1.54) is 9.87 Å². The molecule has 0 radical (unpaired) electrons. The minimum Gasteiger partial charge on any atom is -0.287 e. The van der Waals surface area contributed by atoms with Crippen LogP contribution in [0, 0.1) is 12.8 Å². The van der Waals surface area contributed by atoms with E-state index in [9.17, 15) is 13.2 Å². The van der Waals surface area contributed by atoms with Gasteiger partial charge >= 0.3 is 0 Å². The Morgan fingerprint density at radius 2 is 2.00 bits per heavy atom. The lowest BCUT2D eigenvalue weighted by Gasteiger charge is -2.29. The fourth-order valence-corrected chi connectivity index (χ4v) is 6.80. The van der Waals surface area contributed by atoms with E-state index in [1.807, 2.05) is 36.2 Å². The highest BCUT2D eigenvalue weighted by atomic mass is 32.2. The third kappa shape index (κ3) is 5.64. The monoisotopic (exact) mass is 467 g/mol. The van der Waals surface area contributed by atoms with Gasteiger partial charge in [-0.2, -0.15) is 16.9 Å². The number of amides is 1. The second-order valence-electron chi connectivity index (χ2n) is 8.15. The second kappa shape index (κ2) is 9.82. The van der Waals surface area contributed by atoms with E-state index in [-0.39, 0.29) is 21.9 Å². The Kier molecular flexibility index (Phi) is 7.62. The molecule has 2 heterocycles. The van der Waals surface area contributed by atoms with Gasteiger partial charge in [0.2, 0.25) is 0 Å². The van der Waals surface area contributed by atoms with Crippen LogP contribution in [0.15, 0.2) is 46.0 Å². The summed E-state index contributed by atoms with van der Waals surface area (Å²) in [6, 6.07) is 10.7. The predicted molar refractivity (Wildman–Crippen MR) is 124 cm³/mol. The van der Waals surface area contributed by atoms with Crippen molar-refractivity contribution < 1.29 is 13.2 Å². The lowest BCUT2D eigenvalue weighted by molar-refractivity contribution is -0.129. The number of thiophene rings is 1. The van der Waals surface area contributed by atoms with Crippen LogP contribution < -0.4 is 5.43 Å². The van der Waals surface area contributed by atoms with E-state index in [1.54, 1.807) is 17.5 Å². The van der Waals surface area contributed by atoms with Crippen molar-refractivity contribution in [1.29, 1.82) is 0 Å². The second-order valence-corrected chi connectivity index (χ2v) is 11.9. The molecule has 1 aliphatic rings. The van der Waals surface area contributed by atoms with Gasteiger partial charge in [-0.15, -0.1) is 11.3 Å². The number of hydrazine groups is 1. The van der Waals surface area contributed by atoms with E-state index in [4.69, 9.17) is 0 Å². The summed E-state index contributed by atoms with van der Waals surface area (Å²) >= 11 is 5.63. The minimum absolute atomic E-state index is 0.175. The number of nitrogens with zero attached hydrogens (tertiary/aromatic N) is 2. The normalized spacial score (nSPS) is 20.2. The molecule has 1 aromatic carbocycles. The average Bonchev–Trinajstić information content (AvgIpc) is 3.33. The van der Waals surface area contributed by atoms with E-state index in [2.05, 4.69) is 31.9 Å². The number of hydrogen-bond acceptors (Lipinski definition) is 6. The SMILES string of the molecule is Cc1ccc(CN(CC(C)C)NC(=O)[C@@H]2C[C@@H](S)CN2S(=O)(=O)c2cccs2)cc1. The first-order chi connectivity index (χ1) is 14.2. The van der Waals surface area contributed by atoms with Crippen LogP contribution in [0.25, 0.3) is 0 Å². The molecule has 0 saturated carbocycles. The first kappa shape index (κ1) is 23.3. The van der Waals surface area contributed by atoms with Crippen molar-refractivity contribution in [2.75, 3.05) is 13.1 Å². The number of nitrogens with one attached hydrogen (secondary N) is 1. The first-order valence-corrected chi connectivity index (χ1v) is 12.8. The smallest absolute Gasteiger partial charge is 0.253 e. The number of aryl methyl sites for hydroxylation is 1. The molecule has 1 aliphatic heterocycles. The van der Waals surface area contributed by atoms with Crippen LogP contribution in [0.5, 0.6) is 0 Å². The largest absolute Gasteiger partial charge is 0.287 e. The summed E-state index contributed by atoms with van der Waals surface area (Å²) in [5, 5.41) is 3.42. The van der Waals surface area contributed by atoms with Crippen molar-refractivity contribution in [1.82, 2.24) is 14.7 Å². The summed E-state index contributed by atoms with van der Waals surface area (Å²) < 4.78 is 27.7. The Morgan fingerprint density at radius 1 is 1.30 bits per heavy atom. The lowest BCUT2D eigenvalue weighted by atomic mass is 10.1. The Hall–Kier alpha value is -1.39. The van der Waals surface area contributed by atoms with E-state index in [0.29, 0.717) is 25.4 Å². The molecule has 30 heavy (non-hydrogen) atoms. The molecule has 1 amide bonds. The number of carbonyl (C=O) groups excluding carboxylic acids is 1. The third-order valence-electron chi connectivity index (χ3n) is 4.94. The number of carbonyl (C=O) groups is 1. The summed E-state index contributed by atoms with van der Waals surface area (Å²) in [5.41, 5.74) is 5.24. The van der Waals surface area contributed by atoms with Gasteiger partial charge in [-0.05, 0) is 36.3 Å². The van der Waals surface area contributed by atoms with Gasteiger partial charge in [0.1, 0.15) is 10.3 Å². The molecule has 1 aromatic heterocycles. The van der Waals surface area contributed by atoms with Crippen LogP contribution in [-0.4, -0.2) is 48.0 Å². The fourth-order valence-electron chi connectivity index (χ4n) is 3.55. The van der Waals surface area contributed by atoms with Crippen molar-refractivity contribution in [2.24, 2.45) is 5.92 Å². The Morgan fingerprint density at radius 3 is 2.60 bits per heavy atom. The number of sulfonamides is 1. The number of benzene rings is 1. The van der Waals surface area contributed by atoms with Gasteiger partial charge in [0, 0.05) is 24.9 Å². The maximum atomic E-state index is 13.2. The van der Waals surface area contributed by atoms with Gasteiger partial charge in [-0.1, -0.05) is 49.7 Å². The van der Waals surface area contributed by atoms with Crippen molar-refractivity contribution in [3.63, 3.8) is 0 Å². The van der Waals surface area contributed by atoms with Crippen LogP contribution in [0.3, 0.4) is 0 Å². The molecule has 9 heteroatoms. The first-order valence-electron chi connectivity index (χ1n) is 10.0. The van der Waals surface area contributed by atoms with Gasteiger partial charge in [-0.25, -0.2) is 13.4 Å². The molecule has 0 aliphatic carbocycles. The van der Waals surface area contributed by atoms with Gasteiger partial charge in [0.25, 0.3) is 15.9 Å². The summed E-state index contributed by atoms with van der Waals surface area (Å²) in [6.07, 6.45) is 0.388. The average molecular weight is 468 g/mol. The topological polar surface area (TPSA) is 69.7 Å². The zero-order chi connectivity index (χ0) is 21.9. The lowest BCUT2D eigenvalue weighted by Crippen LogP contribution is -2.52. The molecule has 0 bridgehead atoms. The van der Waals surface area contributed by atoms with Crippen LogP contribution >= 0.6 is 24.0 Å². The number of thiol groups is 1. The zero-order valence-electron chi connectivity index (χ0n) is 17.5. The maximum Gasteiger partial charge on any atom is 0.253 e. The van der Waals surface area contributed by atoms with Crippen molar-refractivity contribution in [2.45, 2.75) is 49.2 Å². The van der Waals surface area contributed by atoms with Gasteiger partial charge in [-0.3, -0.25) is 10.2 Å². The molecule has 2 aromatic rings. The Bertz CT molecular complexity index is 944. The fraction of sp³-hybridized carbons (Fsp3) is 0.476. The van der Waals surface area contributed by atoms with Crippen LogP contribution in [0.4, 0.5) is 0 Å². The molecule has 6 nitrogen and oxygen atoms in total. The molecule has 3 rings (SSSR count). The standard InChI is InChI=1S/C21H29N3O3S3/c1-15(2)12-23(13-17-8-6-16(3)7-9-17)22-21(25)19-11-18(28)14-24(19)30(26,27)20-5-4-10-29-20/h4-10,15,18-19,28H,11-14H2,1-3H3,(H,22,25)/t18-,19+/m1/s1. The molecule has 1 fully saturated rings. The molecule has 2 atom stereocenters. The molecule has 0 unspecified atom stereocenters. The Labute approximate surface area is 188 Å². The van der Waals surface area contributed by atoms with Gasteiger partial charge in [0.15, 0.2) is 0 Å². The molecule has 164 valence electrons. The van der Waals surface area contributed by atoms with Gasteiger partial charge < -0.3 is 0 Å². The molecule has 0 spiro atoms. The minimum atomic E-state index is -3.72. The highest BCUT2D eigenvalue weighted by molar-refractivity contribution is 7.91. The van der Waals surface area contributed by atoms with Crippen molar-refractivity contribution in [3.8, 4) is 0 Å². The molecular weight excluding hydrogens is 438 g/mol. The van der Waals surface area contributed by atoms with Gasteiger partial charge in [0.05, 0.1) is 0 Å². The zero-order valence-corrected chi connectivity index (χ0v) is 20.0. The van der Waals surface area contributed by atoms with Crippen LogP contribution in [0.2, 0.25) is 0 Å². The Balaban J connectivity index is 1.77. The maximum absolute atomic E-state index is 13.2. The third-order valence-corrected chi connectivity index (χ3v) is 8.56. The number of hydrogen-bond donors (Lipinski definition) is 2. The summed E-state index contributed by atoms with van der Waals surface area (Å²) in [5.74, 6) is 0.0300. The molecule has 1 saturated heterocycles.